The number of carbonyl (C=O) groups excluding carboxylic acids is 1. The van der Waals surface area contributed by atoms with Gasteiger partial charge in [0.05, 0.1) is 17.3 Å². The number of hydrogen-bond donors (Lipinski definition) is 3. The van der Waals surface area contributed by atoms with Gasteiger partial charge in [-0.05, 0) is 30.5 Å². The number of carboxylic acids is 1. The maximum Gasteiger partial charge on any atom is 0.335 e. The summed E-state index contributed by atoms with van der Waals surface area (Å²) in [4.78, 5) is 22.3. The average molecular weight is 268 g/mol. The summed E-state index contributed by atoms with van der Waals surface area (Å²) in [5.41, 5.74) is 5.41. The lowest BCUT2D eigenvalue weighted by atomic mass is 10.0. The van der Waals surface area contributed by atoms with Crippen LogP contribution >= 0.6 is 0 Å². The van der Waals surface area contributed by atoms with Gasteiger partial charge in [0.2, 0.25) is 5.91 Å². The first-order valence-corrected chi connectivity index (χ1v) is 5.90. The minimum absolute atomic E-state index is 0.0748. The van der Waals surface area contributed by atoms with Crippen molar-refractivity contribution < 1.29 is 19.1 Å². The highest BCUT2D eigenvalue weighted by Gasteiger charge is 2.17. The highest BCUT2D eigenvalue weighted by Crippen LogP contribution is 2.16. The van der Waals surface area contributed by atoms with E-state index >= 15 is 0 Å². The number of carboxylic acid groups (broad SMARTS) is 1. The Hall–Kier alpha value is -1.95. The zero-order chi connectivity index (χ0) is 14.6. The van der Waals surface area contributed by atoms with Crippen LogP contribution in [0.1, 0.15) is 30.6 Å². The molecule has 0 saturated heterocycles. The molecule has 104 valence electrons. The van der Waals surface area contributed by atoms with Gasteiger partial charge in [0.1, 0.15) is 5.82 Å². The summed E-state index contributed by atoms with van der Waals surface area (Å²) < 4.78 is 13.6. The van der Waals surface area contributed by atoms with Crippen LogP contribution in [0.25, 0.3) is 0 Å². The Kier molecular flexibility index (Phi) is 5.00. The van der Waals surface area contributed by atoms with E-state index in [1.54, 1.807) is 0 Å². The molecule has 6 heteroatoms. The van der Waals surface area contributed by atoms with Crippen LogP contribution in [0, 0.1) is 11.7 Å². The van der Waals surface area contributed by atoms with Crippen molar-refractivity contribution in [3.8, 4) is 0 Å². The predicted molar refractivity (Wildman–Crippen MR) is 69.4 cm³/mol. The van der Waals surface area contributed by atoms with Crippen LogP contribution in [0.15, 0.2) is 18.2 Å². The highest BCUT2D eigenvalue weighted by molar-refractivity contribution is 5.95. The number of nitrogens with two attached hydrogens (primary N) is 1. The molecular weight excluding hydrogens is 251 g/mol. The van der Waals surface area contributed by atoms with Crippen LogP contribution in [0.2, 0.25) is 0 Å². The van der Waals surface area contributed by atoms with Crippen molar-refractivity contribution >= 4 is 17.6 Å². The fourth-order valence-corrected chi connectivity index (χ4v) is 1.59. The molecule has 1 amide bonds. The lowest BCUT2D eigenvalue weighted by Crippen LogP contribution is -2.36. The first-order valence-electron chi connectivity index (χ1n) is 5.90. The largest absolute Gasteiger partial charge is 0.478 e. The summed E-state index contributed by atoms with van der Waals surface area (Å²) in [6.07, 6.45) is 0.487. The normalized spacial score (nSPS) is 12.3. The lowest BCUT2D eigenvalue weighted by Gasteiger charge is -2.14. The van der Waals surface area contributed by atoms with Gasteiger partial charge in [0, 0.05) is 0 Å². The summed E-state index contributed by atoms with van der Waals surface area (Å²) in [5.74, 6) is -2.27. The van der Waals surface area contributed by atoms with Crippen molar-refractivity contribution in [1.29, 1.82) is 0 Å². The van der Waals surface area contributed by atoms with E-state index in [0.29, 0.717) is 6.42 Å². The van der Waals surface area contributed by atoms with Crippen molar-refractivity contribution in [2.24, 2.45) is 11.7 Å². The molecule has 0 saturated carbocycles. The molecule has 1 atom stereocenters. The van der Waals surface area contributed by atoms with Crippen molar-refractivity contribution in [3.05, 3.63) is 29.6 Å². The van der Waals surface area contributed by atoms with Gasteiger partial charge >= 0.3 is 5.97 Å². The van der Waals surface area contributed by atoms with Gasteiger partial charge < -0.3 is 16.2 Å². The summed E-state index contributed by atoms with van der Waals surface area (Å²) in [6.45, 7) is 3.85. The van der Waals surface area contributed by atoms with Crippen LogP contribution in [0.4, 0.5) is 10.1 Å². The van der Waals surface area contributed by atoms with E-state index in [4.69, 9.17) is 10.8 Å². The second kappa shape index (κ2) is 6.29. The number of amides is 1. The summed E-state index contributed by atoms with van der Waals surface area (Å²) >= 11 is 0. The van der Waals surface area contributed by atoms with Crippen LogP contribution in [-0.2, 0) is 4.79 Å². The highest BCUT2D eigenvalue weighted by atomic mass is 19.1. The van der Waals surface area contributed by atoms with Crippen molar-refractivity contribution in [3.63, 3.8) is 0 Å². The SMILES string of the molecule is CC(C)C[C@H](N)C(=O)Nc1ccc(C(=O)O)cc1F. The van der Waals surface area contributed by atoms with Crippen LogP contribution < -0.4 is 11.1 Å². The monoisotopic (exact) mass is 268 g/mol. The lowest BCUT2D eigenvalue weighted by molar-refractivity contribution is -0.117. The van der Waals surface area contributed by atoms with E-state index in [9.17, 15) is 14.0 Å². The van der Waals surface area contributed by atoms with Gasteiger partial charge in [-0.2, -0.15) is 0 Å². The van der Waals surface area contributed by atoms with Gasteiger partial charge in [-0.1, -0.05) is 13.8 Å². The number of anilines is 1. The Balaban J connectivity index is 2.77. The number of aromatic carboxylic acids is 1. The maximum absolute atomic E-state index is 13.6. The molecular formula is C13H17FN2O3. The number of halogens is 1. The molecule has 0 bridgehead atoms. The van der Waals surface area contributed by atoms with Gasteiger partial charge in [0.25, 0.3) is 0 Å². The Morgan fingerprint density at radius 2 is 2.05 bits per heavy atom. The molecule has 0 aliphatic rings. The van der Waals surface area contributed by atoms with E-state index in [2.05, 4.69) is 5.32 Å². The fourth-order valence-electron chi connectivity index (χ4n) is 1.59. The van der Waals surface area contributed by atoms with Crippen LogP contribution in [-0.4, -0.2) is 23.0 Å². The Bertz CT molecular complexity index is 489. The summed E-state index contributed by atoms with van der Waals surface area (Å²) in [6, 6.07) is 2.55. The van der Waals surface area contributed by atoms with Crippen LogP contribution in [0.5, 0.6) is 0 Å². The number of carbonyl (C=O) groups is 2. The fraction of sp³-hybridized carbons (Fsp3) is 0.385. The quantitative estimate of drug-likeness (QED) is 0.759. The molecule has 0 unspecified atom stereocenters. The van der Waals surface area contributed by atoms with Crippen molar-refractivity contribution in [1.82, 2.24) is 0 Å². The molecule has 0 heterocycles. The number of nitrogens with one attached hydrogen (secondary N) is 1. The Morgan fingerprint density at radius 1 is 1.42 bits per heavy atom. The van der Waals surface area contributed by atoms with Gasteiger partial charge in [0.15, 0.2) is 0 Å². The standard InChI is InChI=1S/C13H17FN2O3/c1-7(2)5-10(15)12(17)16-11-4-3-8(13(18)19)6-9(11)14/h3-4,6-7,10H,5,15H2,1-2H3,(H,16,17)(H,18,19)/t10-/m0/s1. The number of benzene rings is 1. The third kappa shape index (κ3) is 4.33. The van der Waals surface area contributed by atoms with E-state index in [-0.39, 0.29) is 17.2 Å². The molecule has 0 aromatic heterocycles. The molecule has 0 aliphatic heterocycles. The number of hydrogen-bond acceptors (Lipinski definition) is 3. The molecule has 0 fully saturated rings. The van der Waals surface area contributed by atoms with E-state index in [1.807, 2.05) is 13.8 Å². The molecule has 0 aliphatic carbocycles. The third-order valence-corrected chi connectivity index (χ3v) is 2.54. The van der Waals surface area contributed by atoms with Crippen molar-refractivity contribution in [2.75, 3.05) is 5.32 Å². The zero-order valence-corrected chi connectivity index (χ0v) is 10.8. The summed E-state index contributed by atoms with van der Waals surface area (Å²) in [5, 5.41) is 11.0. The molecule has 4 N–H and O–H groups in total. The van der Waals surface area contributed by atoms with E-state index < -0.39 is 23.7 Å². The van der Waals surface area contributed by atoms with Crippen LogP contribution in [0.3, 0.4) is 0 Å². The van der Waals surface area contributed by atoms with Gasteiger partial charge in [-0.25, -0.2) is 9.18 Å². The van der Waals surface area contributed by atoms with Crippen molar-refractivity contribution in [2.45, 2.75) is 26.3 Å². The second-order valence-corrected chi connectivity index (χ2v) is 4.73. The first-order chi connectivity index (χ1) is 8.81. The molecule has 1 aromatic rings. The van der Waals surface area contributed by atoms with E-state index in [1.165, 1.54) is 12.1 Å². The minimum Gasteiger partial charge on any atom is -0.478 e. The Labute approximate surface area is 110 Å². The molecule has 1 aromatic carbocycles. The molecule has 5 nitrogen and oxygen atoms in total. The Morgan fingerprint density at radius 3 is 2.53 bits per heavy atom. The molecule has 19 heavy (non-hydrogen) atoms. The first kappa shape index (κ1) is 15.1. The minimum atomic E-state index is -1.23. The van der Waals surface area contributed by atoms with Gasteiger partial charge in [-0.15, -0.1) is 0 Å². The zero-order valence-electron chi connectivity index (χ0n) is 10.8. The van der Waals surface area contributed by atoms with Gasteiger partial charge in [-0.3, -0.25) is 4.79 Å². The molecule has 1 rings (SSSR count). The smallest absolute Gasteiger partial charge is 0.335 e. The topological polar surface area (TPSA) is 92.4 Å². The second-order valence-electron chi connectivity index (χ2n) is 4.73. The maximum atomic E-state index is 13.6. The third-order valence-electron chi connectivity index (χ3n) is 2.54. The molecule has 0 radical (unpaired) electrons. The number of rotatable bonds is 5. The predicted octanol–water partition coefficient (Wildman–Crippen LogP) is 1.84. The molecule has 0 spiro atoms. The van der Waals surface area contributed by atoms with E-state index in [0.717, 1.165) is 6.07 Å². The summed E-state index contributed by atoms with van der Waals surface area (Å²) in [7, 11) is 0. The average Bonchev–Trinajstić information content (AvgIpc) is 2.30.